The number of rotatable bonds is 2. The number of aromatic nitrogens is 3. The van der Waals surface area contributed by atoms with Gasteiger partial charge in [-0.05, 0) is 45.6 Å². The van der Waals surface area contributed by atoms with Crippen molar-refractivity contribution in [3.05, 3.63) is 53.5 Å². The van der Waals surface area contributed by atoms with Crippen LogP contribution < -0.4 is 0 Å². The van der Waals surface area contributed by atoms with E-state index in [1.807, 2.05) is 41.5 Å². The molecule has 1 aromatic carbocycles. The largest absolute Gasteiger partial charge is 0.336 e. The molecule has 3 aromatic rings. The van der Waals surface area contributed by atoms with Crippen molar-refractivity contribution >= 4 is 11.6 Å². The molecule has 0 spiro atoms. The summed E-state index contributed by atoms with van der Waals surface area (Å²) in [4.78, 5) is 19.7. The zero-order chi connectivity index (χ0) is 18.3. The van der Waals surface area contributed by atoms with Gasteiger partial charge in [0, 0.05) is 24.3 Å². The van der Waals surface area contributed by atoms with E-state index in [2.05, 4.69) is 29.1 Å². The fourth-order valence-electron chi connectivity index (χ4n) is 3.91. The lowest BCUT2D eigenvalue weighted by molar-refractivity contribution is 0.0633. The molecule has 3 heterocycles. The Balaban J connectivity index is 1.80. The van der Waals surface area contributed by atoms with Crippen LogP contribution in [-0.4, -0.2) is 38.0 Å². The molecule has 26 heavy (non-hydrogen) atoms. The van der Waals surface area contributed by atoms with Gasteiger partial charge in [-0.2, -0.15) is 5.10 Å². The topological polar surface area (TPSA) is 50.5 Å². The summed E-state index contributed by atoms with van der Waals surface area (Å²) >= 11 is 0. The minimum absolute atomic E-state index is 0.0681. The Morgan fingerprint density at radius 3 is 2.65 bits per heavy atom. The third-order valence-electron chi connectivity index (χ3n) is 5.42. The van der Waals surface area contributed by atoms with E-state index in [-0.39, 0.29) is 11.9 Å². The van der Waals surface area contributed by atoms with E-state index in [4.69, 9.17) is 0 Å². The molecule has 134 valence electrons. The zero-order valence-corrected chi connectivity index (χ0v) is 15.6. The molecule has 5 heteroatoms. The van der Waals surface area contributed by atoms with Gasteiger partial charge in [0.1, 0.15) is 0 Å². The number of benzene rings is 1. The van der Waals surface area contributed by atoms with Gasteiger partial charge in [0.25, 0.3) is 5.91 Å². The molecule has 5 nitrogen and oxygen atoms in total. The van der Waals surface area contributed by atoms with E-state index in [9.17, 15) is 4.79 Å². The number of aryl methyl sites for hydroxylation is 2. The van der Waals surface area contributed by atoms with Crippen LogP contribution in [0.2, 0.25) is 0 Å². The van der Waals surface area contributed by atoms with Crippen LogP contribution in [0.3, 0.4) is 0 Å². The van der Waals surface area contributed by atoms with Crippen molar-refractivity contribution < 1.29 is 4.79 Å². The normalized spacial score (nSPS) is 17.7. The van der Waals surface area contributed by atoms with Gasteiger partial charge in [-0.1, -0.05) is 30.3 Å². The van der Waals surface area contributed by atoms with Gasteiger partial charge >= 0.3 is 0 Å². The number of hydrogen-bond acceptors (Lipinski definition) is 3. The smallest absolute Gasteiger partial charge is 0.257 e. The molecule has 1 atom stereocenters. The van der Waals surface area contributed by atoms with Gasteiger partial charge in [-0.25, -0.2) is 9.50 Å². The summed E-state index contributed by atoms with van der Waals surface area (Å²) in [7, 11) is 0. The lowest BCUT2D eigenvalue weighted by atomic mass is 10.0. The number of hydrogen-bond donors (Lipinski definition) is 0. The predicted octanol–water partition coefficient (Wildman–Crippen LogP) is 4.03. The number of carbonyl (C=O) groups excluding carboxylic acids is 1. The second-order valence-electron chi connectivity index (χ2n) is 7.16. The zero-order valence-electron chi connectivity index (χ0n) is 15.6. The van der Waals surface area contributed by atoms with Crippen LogP contribution in [0.15, 0.2) is 36.5 Å². The highest BCUT2D eigenvalue weighted by atomic mass is 16.2. The van der Waals surface area contributed by atoms with Crippen molar-refractivity contribution in [1.29, 1.82) is 0 Å². The van der Waals surface area contributed by atoms with Gasteiger partial charge in [-0.15, -0.1) is 0 Å². The average Bonchev–Trinajstić information content (AvgIpc) is 2.99. The van der Waals surface area contributed by atoms with Crippen LogP contribution in [0.5, 0.6) is 0 Å². The molecule has 2 aromatic heterocycles. The first-order valence-corrected chi connectivity index (χ1v) is 9.29. The van der Waals surface area contributed by atoms with Crippen molar-refractivity contribution in [3.8, 4) is 11.1 Å². The lowest BCUT2D eigenvalue weighted by Crippen LogP contribution is -2.42. The van der Waals surface area contributed by atoms with Crippen molar-refractivity contribution in [2.75, 3.05) is 6.54 Å². The molecular formula is C21H24N4O. The van der Waals surface area contributed by atoms with E-state index < -0.39 is 0 Å². The van der Waals surface area contributed by atoms with E-state index in [0.717, 1.165) is 47.5 Å². The number of amides is 1. The van der Waals surface area contributed by atoms with Gasteiger partial charge < -0.3 is 4.90 Å². The van der Waals surface area contributed by atoms with Crippen LogP contribution in [0.25, 0.3) is 16.8 Å². The Bertz CT molecular complexity index is 961. The van der Waals surface area contributed by atoms with E-state index >= 15 is 0 Å². The molecule has 1 fully saturated rings. The Morgan fingerprint density at radius 2 is 1.92 bits per heavy atom. The molecular weight excluding hydrogens is 324 g/mol. The standard InChI is InChI=1S/C21H24N4O/c1-14-9-7-8-12-24(14)21(26)18-13-22-20-19(17-10-5-4-6-11-17)15(2)23-25(20)16(18)3/h4-6,10-11,13-14H,7-9,12H2,1-3H3. The summed E-state index contributed by atoms with van der Waals surface area (Å²) < 4.78 is 1.82. The summed E-state index contributed by atoms with van der Waals surface area (Å²) in [6, 6.07) is 10.4. The monoisotopic (exact) mass is 348 g/mol. The maximum Gasteiger partial charge on any atom is 0.257 e. The molecule has 1 saturated heterocycles. The number of fused-ring (bicyclic) bond motifs is 1. The predicted molar refractivity (Wildman–Crippen MR) is 102 cm³/mol. The van der Waals surface area contributed by atoms with E-state index in [1.54, 1.807) is 6.20 Å². The van der Waals surface area contributed by atoms with Crippen LogP contribution >= 0.6 is 0 Å². The Hall–Kier alpha value is -2.69. The second kappa shape index (κ2) is 6.56. The Kier molecular flexibility index (Phi) is 4.23. The minimum atomic E-state index is 0.0681. The number of piperidine rings is 1. The quantitative estimate of drug-likeness (QED) is 0.702. The van der Waals surface area contributed by atoms with Crippen molar-refractivity contribution in [1.82, 2.24) is 19.5 Å². The highest BCUT2D eigenvalue weighted by molar-refractivity contribution is 5.96. The van der Waals surface area contributed by atoms with Crippen molar-refractivity contribution in [2.24, 2.45) is 0 Å². The average molecular weight is 348 g/mol. The van der Waals surface area contributed by atoms with E-state index in [1.165, 1.54) is 6.42 Å². The molecule has 1 aliphatic rings. The first-order valence-electron chi connectivity index (χ1n) is 9.29. The summed E-state index contributed by atoms with van der Waals surface area (Å²) in [5, 5.41) is 4.68. The number of likely N-dealkylation sites (tertiary alicyclic amines) is 1. The maximum atomic E-state index is 13.1. The molecule has 1 aliphatic heterocycles. The molecule has 0 saturated carbocycles. The first kappa shape index (κ1) is 16.8. The lowest BCUT2D eigenvalue weighted by Gasteiger charge is -2.33. The Morgan fingerprint density at radius 1 is 1.15 bits per heavy atom. The maximum absolute atomic E-state index is 13.1. The highest BCUT2D eigenvalue weighted by Crippen LogP contribution is 2.28. The third kappa shape index (κ3) is 2.68. The summed E-state index contributed by atoms with van der Waals surface area (Å²) in [5.74, 6) is 0.0681. The van der Waals surface area contributed by atoms with Gasteiger partial charge in [0.15, 0.2) is 5.65 Å². The van der Waals surface area contributed by atoms with Gasteiger partial charge in [-0.3, -0.25) is 4.79 Å². The fraction of sp³-hybridized carbons (Fsp3) is 0.381. The van der Waals surface area contributed by atoms with Crippen LogP contribution in [0.4, 0.5) is 0 Å². The molecule has 1 amide bonds. The summed E-state index contributed by atoms with van der Waals surface area (Å²) in [6.45, 7) is 6.90. The third-order valence-corrected chi connectivity index (χ3v) is 5.42. The molecule has 1 unspecified atom stereocenters. The van der Waals surface area contributed by atoms with Crippen LogP contribution in [0.1, 0.15) is 47.9 Å². The van der Waals surface area contributed by atoms with Gasteiger partial charge in [0.05, 0.1) is 17.0 Å². The van der Waals surface area contributed by atoms with Crippen molar-refractivity contribution in [3.63, 3.8) is 0 Å². The van der Waals surface area contributed by atoms with E-state index in [0.29, 0.717) is 5.56 Å². The number of nitrogens with zero attached hydrogens (tertiary/aromatic N) is 4. The molecule has 4 rings (SSSR count). The highest BCUT2D eigenvalue weighted by Gasteiger charge is 2.27. The SMILES string of the molecule is Cc1nn2c(C)c(C(=O)N3CCCCC3C)cnc2c1-c1ccccc1. The molecule has 0 aliphatic carbocycles. The molecule has 0 N–H and O–H groups in total. The Labute approximate surface area is 153 Å². The van der Waals surface area contributed by atoms with Crippen LogP contribution in [-0.2, 0) is 0 Å². The second-order valence-corrected chi connectivity index (χ2v) is 7.16. The molecule has 0 radical (unpaired) electrons. The van der Waals surface area contributed by atoms with Gasteiger partial charge in [0.2, 0.25) is 0 Å². The summed E-state index contributed by atoms with van der Waals surface area (Å²) in [5.41, 5.74) is 5.34. The van der Waals surface area contributed by atoms with Crippen LogP contribution in [0, 0.1) is 13.8 Å². The minimum Gasteiger partial charge on any atom is -0.336 e. The number of carbonyl (C=O) groups is 1. The first-order chi connectivity index (χ1) is 12.6. The summed E-state index contributed by atoms with van der Waals surface area (Å²) in [6.07, 6.45) is 5.06. The fourth-order valence-corrected chi connectivity index (χ4v) is 3.91. The molecule has 0 bridgehead atoms. The van der Waals surface area contributed by atoms with Crippen molar-refractivity contribution in [2.45, 2.75) is 46.1 Å².